The fourth-order valence-corrected chi connectivity index (χ4v) is 3.02. The summed E-state index contributed by atoms with van der Waals surface area (Å²) < 4.78 is 8.12. The van der Waals surface area contributed by atoms with Crippen molar-refractivity contribution in [3.63, 3.8) is 0 Å². The Morgan fingerprint density at radius 1 is 1.26 bits per heavy atom. The van der Waals surface area contributed by atoms with Gasteiger partial charge in [0, 0.05) is 6.20 Å². The van der Waals surface area contributed by atoms with E-state index in [1.807, 2.05) is 41.8 Å². The molecule has 4 heterocycles. The highest BCUT2D eigenvalue weighted by Crippen LogP contribution is 2.32. The van der Waals surface area contributed by atoms with Crippen LogP contribution in [0.2, 0.25) is 0 Å². The lowest BCUT2D eigenvalue weighted by molar-refractivity contribution is -0.121. The second-order valence-electron chi connectivity index (χ2n) is 5.30. The molecule has 0 aromatic carbocycles. The summed E-state index contributed by atoms with van der Waals surface area (Å²) in [6.45, 7) is 2.37. The second-order valence-corrected chi connectivity index (χ2v) is 6.11. The van der Waals surface area contributed by atoms with Crippen molar-refractivity contribution in [1.29, 1.82) is 0 Å². The number of carbonyl (C=O) groups is 1. The molecule has 0 saturated heterocycles. The monoisotopic (exact) mass is 372 g/mol. The first kappa shape index (κ1) is 14.2. The number of anilines is 1. The van der Waals surface area contributed by atoms with E-state index in [0.717, 1.165) is 17.0 Å². The van der Waals surface area contributed by atoms with Crippen LogP contribution in [-0.4, -0.2) is 26.9 Å². The lowest BCUT2D eigenvalue weighted by Crippen LogP contribution is -2.39. The van der Waals surface area contributed by atoms with Crippen LogP contribution in [0.5, 0.6) is 5.75 Å². The van der Waals surface area contributed by atoms with Crippen LogP contribution in [0.3, 0.4) is 0 Å². The molecule has 0 atom stereocenters. The molecular formula is C16H13BrN4O2. The van der Waals surface area contributed by atoms with Crippen molar-refractivity contribution in [2.75, 3.05) is 11.5 Å². The molecule has 7 heteroatoms. The van der Waals surface area contributed by atoms with Crippen molar-refractivity contribution >= 4 is 33.3 Å². The van der Waals surface area contributed by atoms with Crippen LogP contribution in [0, 0.1) is 6.92 Å². The maximum Gasteiger partial charge on any atom is 0.266 e. The van der Waals surface area contributed by atoms with Crippen LogP contribution in [0.1, 0.15) is 11.4 Å². The summed E-state index contributed by atoms with van der Waals surface area (Å²) in [4.78, 5) is 22.9. The molecule has 3 aromatic heterocycles. The Bertz CT molecular complexity index is 922. The quantitative estimate of drug-likeness (QED) is 0.649. The molecule has 0 bridgehead atoms. The molecule has 0 saturated carbocycles. The van der Waals surface area contributed by atoms with Gasteiger partial charge in [0.15, 0.2) is 18.2 Å². The van der Waals surface area contributed by atoms with Crippen LogP contribution >= 0.6 is 15.9 Å². The average molecular weight is 373 g/mol. The Morgan fingerprint density at radius 2 is 2.13 bits per heavy atom. The number of nitrogens with zero attached hydrogens (tertiary/aromatic N) is 4. The average Bonchev–Trinajstić information content (AvgIpc) is 2.86. The number of ether oxygens (including phenoxy) is 1. The molecule has 1 aliphatic heterocycles. The van der Waals surface area contributed by atoms with Gasteiger partial charge in [-0.1, -0.05) is 6.07 Å². The molecule has 0 unspecified atom stereocenters. The molecule has 6 nitrogen and oxygen atoms in total. The van der Waals surface area contributed by atoms with Gasteiger partial charge in [0.05, 0.1) is 17.9 Å². The minimum absolute atomic E-state index is 0.0199. The Balaban J connectivity index is 1.80. The van der Waals surface area contributed by atoms with E-state index in [1.54, 1.807) is 11.0 Å². The van der Waals surface area contributed by atoms with Crippen LogP contribution in [0.25, 0.3) is 5.65 Å². The van der Waals surface area contributed by atoms with Gasteiger partial charge in [0.25, 0.3) is 5.91 Å². The highest BCUT2D eigenvalue weighted by molar-refractivity contribution is 9.10. The van der Waals surface area contributed by atoms with Crippen molar-refractivity contribution in [3.05, 3.63) is 52.5 Å². The fourth-order valence-electron chi connectivity index (χ4n) is 2.72. The summed E-state index contributed by atoms with van der Waals surface area (Å²) in [7, 11) is 0. The van der Waals surface area contributed by atoms with E-state index in [-0.39, 0.29) is 12.5 Å². The lowest BCUT2D eigenvalue weighted by Gasteiger charge is -2.28. The van der Waals surface area contributed by atoms with E-state index in [4.69, 9.17) is 4.74 Å². The summed E-state index contributed by atoms with van der Waals surface area (Å²) in [6.07, 6.45) is 1.95. The number of pyridine rings is 2. The summed E-state index contributed by atoms with van der Waals surface area (Å²) in [5.41, 5.74) is 2.72. The van der Waals surface area contributed by atoms with E-state index in [2.05, 4.69) is 25.9 Å². The molecule has 4 rings (SSSR count). The van der Waals surface area contributed by atoms with Gasteiger partial charge in [-0.15, -0.1) is 0 Å². The minimum atomic E-state index is -0.117. The van der Waals surface area contributed by atoms with E-state index in [9.17, 15) is 4.79 Å². The first-order chi connectivity index (χ1) is 11.1. The van der Waals surface area contributed by atoms with Gasteiger partial charge in [-0.05, 0) is 47.1 Å². The largest absolute Gasteiger partial charge is 0.480 e. The van der Waals surface area contributed by atoms with Gasteiger partial charge in [-0.25, -0.2) is 9.97 Å². The number of rotatable bonds is 2. The maximum absolute atomic E-state index is 12.4. The Kier molecular flexibility index (Phi) is 3.30. The van der Waals surface area contributed by atoms with Crippen molar-refractivity contribution in [2.24, 2.45) is 0 Å². The van der Waals surface area contributed by atoms with E-state index in [0.29, 0.717) is 22.7 Å². The topological polar surface area (TPSA) is 59.7 Å². The van der Waals surface area contributed by atoms with E-state index < -0.39 is 0 Å². The fraction of sp³-hybridized carbons (Fsp3) is 0.188. The third kappa shape index (κ3) is 2.37. The molecule has 1 amide bonds. The number of hydrogen-bond acceptors (Lipinski definition) is 4. The molecule has 23 heavy (non-hydrogen) atoms. The van der Waals surface area contributed by atoms with Crippen LogP contribution in [0.4, 0.5) is 5.82 Å². The van der Waals surface area contributed by atoms with Crippen molar-refractivity contribution in [1.82, 2.24) is 14.4 Å². The molecular weight excluding hydrogens is 360 g/mol. The summed E-state index contributed by atoms with van der Waals surface area (Å²) >= 11 is 3.35. The smallest absolute Gasteiger partial charge is 0.266 e. The predicted molar refractivity (Wildman–Crippen MR) is 88.6 cm³/mol. The summed E-state index contributed by atoms with van der Waals surface area (Å²) in [6, 6.07) is 9.45. The predicted octanol–water partition coefficient (Wildman–Crippen LogP) is 2.73. The normalized spacial score (nSPS) is 14.0. The summed E-state index contributed by atoms with van der Waals surface area (Å²) in [5, 5.41) is 0. The van der Waals surface area contributed by atoms with Crippen molar-refractivity contribution in [2.45, 2.75) is 13.5 Å². The van der Waals surface area contributed by atoms with Gasteiger partial charge in [0.2, 0.25) is 0 Å². The van der Waals surface area contributed by atoms with Crippen molar-refractivity contribution in [3.8, 4) is 5.75 Å². The van der Waals surface area contributed by atoms with Crippen LogP contribution in [0.15, 0.2) is 41.1 Å². The Hall–Kier alpha value is -2.41. The maximum atomic E-state index is 12.4. The third-order valence-corrected chi connectivity index (χ3v) is 4.29. The zero-order chi connectivity index (χ0) is 16.0. The number of aryl methyl sites for hydroxylation is 1. The van der Waals surface area contributed by atoms with Gasteiger partial charge >= 0.3 is 0 Å². The molecule has 116 valence electrons. The van der Waals surface area contributed by atoms with Crippen molar-refractivity contribution < 1.29 is 9.53 Å². The first-order valence-electron chi connectivity index (χ1n) is 7.16. The second kappa shape index (κ2) is 5.34. The third-order valence-electron chi connectivity index (χ3n) is 3.85. The number of hydrogen-bond donors (Lipinski definition) is 0. The highest BCUT2D eigenvalue weighted by atomic mass is 79.9. The number of carbonyl (C=O) groups excluding carboxylic acids is 1. The van der Waals surface area contributed by atoms with Crippen LogP contribution < -0.4 is 9.64 Å². The number of fused-ring (bicyclic) bond motifs is 2. The molecule has 0 aliphatic carbocycles. The molecule has 0 spiro atoms. The zero-order valence-corrected chi connectivity index (χ0v) is 13.9. The van der Waals surface area contributed by atoms with Gasteiger partial charge in [0.1, 0.15) is 10.3 Å². The highest BCUT2D eigenvalue weighted by Gasteiger charge is 2.28. The number of aromatic nitrogens is 3. The number of halogens is 1. The molecule has 0 radical (unpaired) electrons. The SMILES string of the molecule is Cc1nc2ccccn2c1CN1C(=O)COc2ccc(Br)nc21. The standard InChI is InChI=1S/C16H13BrN4O2/c1-10-11(20-7-3-2-4-14(20)18-10)8-21-15(22)9-23-12-5-6-13(17)19-16(12)21/h2-7H,8-9H2,1H3. The number of imidazole rings is 1. The Morgan fingerprint density at radius 3 is 3.00 bits per heavy atom. The van der Waals surface area contributed by atoms with E-state index in [1.165, 1.54) is 0 Å². The minimum Gasteiger partial charge on any atom is -0.480 e. The van der Waals surface area contributed by atoms with E-state index >= 15 is 0 Å². The molecule has 0 fully saturated rings. The molecule has 0 N–H and O–H groups in total. The van der Waals surface area contributed by atoms with Gasteiger partial charge in [-0.2, -0.15) is 0 Å². The van der Waals surface area contributed by atoms with Gasteiger partial charge < -0.3 is 9.14 Å². The summed E-state index contributed by atoms with van der Waals surface area (Å²) in [5.74, 6) is 1.02. The molecule has 3 aromatic rings. The van der Waals surface area contributed by atoms with Crippen LogP contribution in [-0.2, 0) is 11.3 Å². The zero-order valence-electron chi connectivity index (χ0n) is 12.4. The first-order valence-corrected chi connectivity index (χ1v) is 7.95. The molecule has 1 aliphatic rings. The number of amides is 1. The lowest BCUT2D eigenvalue weighted by atomic mass is 10.2. The van der Waals surface area contributed by atoms with Gasteiger partial charge in [-0.3, -0.25) is 9.69 Å². The Labute approximate surface area is 140 Å².